The van der Waals surface area contributed by atoms with Crippen LogP contribution in [0.2, 0.25) is 0 Å². The molecule has 0 bridgehead atoms. The number of halogens is 1. The zero-order valence-corrected chi connectivity index (χ0v) is 19.3. The molecule has 4 aliphatic rings. The van der Waals surface area contributed by atoms with Gasteiger partial charge >= 0.3 is 5.97 Å². The Morgan fingerprint density at radius 3 is 2.09 bits per heavy atom. The van der Waals surface area contributed by atoms with Crippen LogP contribution in [-0.2, 0) is 4.74 Å². The van der Waals surface area contributed by atoms with Crippen molar-refractivity contribution in [1.82, 2.24) is 0 Å². The maximum atomic E-state index is 13.0. The van der Waals surface area contributed by atoms with Crippen molar-refractivity contribution in [3.63, 3.8) is 0 Å². The van der Waals surface area contributed by atoms with Crippen LogP contribution in [0.4, 0.5) is 5.69 Å². The molecule has 2 aliphatic heterocycles. The Labute approximate surface area is 196 Å². The van der Waals surface area contributed by atoms with Gasteiger partial charge in [0.25, 0.3) is 0 Å². The third-order valence-electron chi connectivity index (χ3n) is 7.43. The minimum Gasteiger partial charge on any atom is -0.454 e. The van der Waals surface area contributed by atoms with Crippen molar-refractivity contribution in [2.45, 2.75) is 24.7 Å². The number of fused-ring (bicyclic) bond motifs is 4. The summed E-state index contributed by atoms with van der Waals surface area (Å²) in [5.41, 5.74) is 4.92. The Kier molecular flexibility index (Phi) is 4.83. The molecule has 0 N–H and O–H groups in total. The lowest BCUT2D eigenvalue weighted by atomic mass is 9.74. The number of carbonyl (C=O) groups excluding carboxylic acids is 2. The van der Waals surface area contributed by atoms with Crippen molar-refractivity contribution in [3.05, 3.63) is 87.4 Å². The summed E-state index contributed by atoms with van der Waals surface area (Å²) in [5, 5.41) is 0. The van der Waals surface area contributed by atoms with Crippen LogP contribution in [0.25, 0.3) is 0 Å². The predicted molar refractivity (Wildman–Crippen MR) is 127 cm³/mol. The molecule has 5 heteroatoms. The highest BCUT2D eigenvalue weighted by Crippen LogP contribution is 2.53. The molecule has 6 rings (SSSR count). The standard InChI is InChI=1S/C27H24BrNO3/c28-20-9-7-16(8-10-20)25(30)15-32-27(31)19-11-23-21-5-1-3-17(21)13-29-14-18-4-2-6-22(18)24(12-19)26(23)29/h1-2,5-12,17-18,21-22H,3-4,13-15H2/t17-,18-,21-,22+/m1/s1. The Bertz CT molecular complexity index is 1110. The second-order valence-electron chi connectivity index (χ2n) is 9.31. The number of carbonyl (C=O) groups is 2. The highest BCUT2D eigenvalue weighted by molar-refractivity contribution is 9.10. The van der Waals surface area contributed by atoms with Crippen LogP contribution in [0, 0.1) is 11.8 Å². The van der Waals surface area contributed by atoms with Gasteiger partial charge in [-0.3, -0.25) is 4.79 Å². The minimum atomic E-state index is -0.422. The summed E-state index contributed by atoms with van der Waals surface area (Å²) in [5.74, 6) is 1.25. The third kappa shape index (κ3) is 3.25. The average Bonchev–Trinajstić information content (AvgIpc) is 3.47. The van der Waals surface area contributed by atoms with E-state index < -0.39 is 5.97 Å². The maximum absolute atomic E-state index is 13.0. The SMILES string of the molecule is O=C(COC(=O)c1cc2c3c(c1)[C@@H]1C=CC[C@@H]1CN3C[C@H]1CC=C[C@H]21)c1ccc(Br)cc1. The van der Waals surface area contributed by atoms with E-state index in [0.717, 1.165) is 30.4 Å². The Morgan fingerprint density at radius 1 is 0.906 bits per heavy atom. The van der Waals surface area contributed by atoms with E-state index in [1.54, 1.807) is 12.1 Å². The van der Waals surface area contributed by atoms with Crippen LogP contribution in [0.1, 0.15) is 56.5 Å². The first kappa shape index (κ1) is 20.0. The van der Waals surface area contributed by atoms with E-state index in [0.29, 0.717) is 34.8 Å². The molecular formula is C27H24BrNO3. The van der Waals surface area contributed by atoms with Crippen LogP contribution in [0.15, 0.2) is 65.2 Å². The first-order valence-corrected chi connectivity index (χ1v) is 12.1. The van der Waals surface area contributed by atoms with Crippen LogP contribution in [-0.4, -0.2) is 31.4 Å². The molecule has 2 aromatic rings. The normalized spacial score (nSPS) is 26.5. The van der Waals surface area contributed by atoms with Gasteiger partial charge in [-0.25, -0.2) is 4.79 Å². The monoisotopic (exact) mass is 489 g/mol. The molecule has 0 aromatic heterocycles. The quantitative estimate of drug-likeness (QED) is 0.316. The summed E-state index contributed by atoms with van der Waals surface area (Å²) in [4.78, 5) is 28.1. The molecular weight excluding hydrogens is 466 g/mol. The van der Waals surface area contributed by atoms with Gasteiger partial charge in [0, 0.05) is 40.6 Å². The number of hydrogen-bond acceptors (Lipinski definition) is 4. The van der Waals surface area contributed by atoms with Gasteiger partial charge in [-0.1, -0.05) is 52.4 Å². The number of benzene rings is 2. The van der Waals surface area contributed by atoms with Crippen molar-refractivity contribution in [3.8, 4) is 0 Å². The number of ketones is 1. The molecule has 2 aromatic carbocycles. The van der Waals surface area contributed by atoms with Gasteiger partial charge in [0.15, 0.2) is 12.4 Å². The molecule has 0 fully saturated rings. The molecule has 0 radical (unpaired) electrons. The summed E-state index contributed by atoms with van der Waals surface area (Å²) in [6.45, 7) is 1.93. The molecule has 0 amide bonds. The fourth-order valence-electron chi connectivity index (χ4n) is 5.93. The van der Waals surface area contributed by atoms with Crippen molar-refractivity contribution in [2.75, 3.05) is 24.6 Å². The van der Waals surface area contributed by atoms with E-state index in [1.807, 2.05) is 24.3 Å². The number of hydrogen-bond donors (Lipinski definition) is 0. The van der Waals surface area contributed by atoms with E-state index in [9.17, 15) is 9.59 Å². The van der Waals surface area contributed by atoms with Gasteiger partial charge in [-0.05, 0) is 60.1 Å². The molecule has 0 spiro atoms. The first-order valence-electron chi connectivity index (χ1n) is 11.3. The fraction of sp³-hybridized carbons (Fsp3) is 0.333. The van der Waals surface area contributed by atoms with Crippen molar-refractivity contribution in [2.24, 2.45) is 11.8 Å². The van der Waals surface area contributed by atoms with Gasteiger partial charge in [-0.15, -0.1) is 0 Å². The van der Waals surface area contributed by atoms with E-state index in [1.165, 1.54) is 16.8 Å². The lowest BCUT2D eigenvalue weighted by Crippen LogP contribution is -2.43. The predicted octanol–water partition coefficient (Wildman–Crippen LogP) is 5.64. The largest absolute Gasteiger partial charge is 0.454 e. The molecule has 2 heterocycles. The number of anilines is 1. The number of nitrogens with zero attached hydrogens (tertiary/aromatic N) is 1. The summed E-state index contributed by atoms with van der Waals surface area (Å²) in [6, 6.07) is 11.1. The van der Waals surface area contributed by atoms with Gasteiger partial charge in [0.05, 0.1) is 5.56 Å². The summed E-state index contributed by atoms with van der Waals surface area (Å²) >= 11 is 3.37. The van der Waals surface area contributed by atoms with E-state index in [-0.39, 0.29) is 12.4 Å². The summed E-state index contributed by atoms with van der Waals surface area (Å²) in [7, 11) is 0. The van der Waals surface area contributed by atoms with E-state index in [2.05, 4.69) is 45.1 Å². The van der Waals surface area contributed by atoms with Gasteiger partial charge in [0.1, 0.15) is 0 Å². The Hall–Kier alpha value is -2.66. The zero-order valence-electron chi connectivity index (χ0n) is 17.7. The topological polar surface area (TPSA) is 46.6 Å². The van der Waals surface area contributed by atoms with Crippen LogP contribution in [0.5, 0.6) is 0 Å². The van der Waals surface area contributed by atoms with E-state index >= 15 is 0 Å². The third-order valence-corrected chi connectivity index (χ3v) is 7.96. The van der Waals surface area contributed by atoms with Crippen LogP contribution < -0.4 is 4.90 Å². The van der Waals surface area contributed by atoms with Gasteiger partial charge in [-0.2, -0.15) is 0 Å². The molecule has 4 atom stereocenters. The molecule has 162 valence electrons. The van der Waals surface area contributed by atoms with Crippen LogP contribution >= 0.6 is 15.9 Å². The minimum absolute atomic E-state index is 0.200. The summed E-state index contributed by atoms with van der Waals surface area (Å²) < 4.78 is 6.39. The van der Waals surface area contributed by atoms with Crippen molar-refractivity contribution in [1.29, 1.82) is 0 Å². The number of ether oxygens (including phenoxy) is 1. The van der Waals surface area contributed by atoms with Crippen molar-refractivity contribution >= 4 is 33.4 Å². The number of esters is 1. The first-order chi connectivity index (χ1) is 15.6. The molecule has 4 nitrogen and oxygen atoms in total. The number of rotatable bonds is 4. The van der Waals surface area contributed by atoms with Gasteiger partial charge < -0.3 is 9.64 Å². The van der Waals surface area contributed by atoms with E-state index in [4.69, 9.17) is 4.74 Å². The smallest absolute Gasteiger partial charge is 0.338 e. The highest BCUT2D eigenvalue weighted by atomic mass is 79.9. The molecule has 0 saturated carbocycles. The zero-order chi connectivity index (χ0) is 21.8. The lowest BCUT2D eigenvalue weighted by molar-refractivity contribution is 0.0474. The molecule has 0 saturated heterocycles. The Morgan fingerprint density at radius 2 is 1.50 bits per heavy atom. The number of allylic oxidation sites excluding steroid dienone is 4. The number of Topliss-reactive ketones (excluding diaryl/α,β-unsaturated/α-hetero) is 1. The van der Waals surface area contributed by atoms with Crippen molar-refractivity contribution < 1.29 is 14.3 Å². The fourth-order valence-corrected chi connectivity index (χ4v) is 6.19. The highest BCUT2D eigenvalue weighted by Gasteiger charge is 2.42. The van der Waals surface area contributed by atoms with Gasteiger partial charge in [0.2, 0.25) is 0 Å². The van der Waals surface area contributed by atoms with Crippen LogP contribution in [0.3, 0.4) is 0 Å². The molecule has 0 unspecified atom stereocenters. The lowest BCUT2D eigenvalue weighted by Gasteiger charge is -2.46. The average molecular weight is 490 g/mol. The molecule has 32 heavy (non-hydrogen) atoms. The second-order valence-corrected chi connectivity index (χ2v) is 10.2. The summed E-state index contributed by atoms with van der Waals surface area (Å²) in [6.07, 6.45) is 11.4. The molecule has 2 aliphatic carbocycles. The second kappa shape index (κ2) is 7.73. The Balaban J connectivity index is 1.31. The maximum Gasteiger partial charge on any atom is 0.338 e.